The maximum absolute atomic E-state index is 12.6. The van der Waals surface area contributed by atoms with E-state index < -0.39 is 11.6 Å². The molecule has 2 aromatic rings. The van der Waals surface area contributed by atoms with Gasteiger partial charge in [0.15, 0.2) is 0 Å². The zero-order valence-electron chi connectivity index (χ0n) is 14.0. The van der Waals surface area contributed by atoms with E-state index in [2.05, 4.69) is 10.6 Å². The average Bonchev–Trinajstić information content (AvgIpc) is 2.55. The van der Waals surface area contributed by atoms with E-state index >= 15 is 0 Å². The maximum atomic E-state index is 12.6. The summed E-state index contributed by atoms with van der Waals surface area (Å²) < 4.78 is 0. The van der Waals surface area contributed by atoms with Crippen molar-refractivity contribution in [3.63, 3.8) is 0 Å². The molecule has 0 fully saturated rings. The normalized spacial score (nSPS) is 12.3. The summed E-state index contributed by atoms with van der Waals surface area (Å²) in [6.07, 6.45) is 0.390. The first-order valence-corrected chi connectivity index (χ1v) is 7.86. The monoisotopic (exact) mass is 325 g/mol. The van der Waals surface area contributed by atoms with Crippen LogP contribution in [0.4, 0.5) is 5.69 Å². The van der Waals surface area contributed by atoms with Gasteiger partial charge in [-0.3, -0.25) is 9.59 Å². The Morgan fingerprint density at radius 2 is 1.54 bits per heavy atom. The minimum absolute atomic E-state index is 0.275. The Labute approximate surface area is 142 Å². The van der Waals surface area contributed by atoms with Gasteiger partial charge in [0.2, 0.25) is 11.8 Å². The summed E-state index contributed by atoms with van der Waals surface area (Å²) in [4.78, 5) is 24.8. The fourth-order valence-electron chi connectivity index (χ4n) is 2.15. The molecule has 24 heavy (non-hydrogen) atoms. The quantitative estimate of drug-likeness (QED) is 0.760. The number of benzene rings is 2. The summed E-state index contributed by atoms with van der Waals surface area (Å²) in [5.74, 6) is -0.644. The molecular formula is C19H23N3O2. The van der Waals surface area contributed by atoms with Crippen molar-refractivity contribution in [1.82, 2.24) is 5.32 Å². The SMILES string of the molecule is CC(C)(N)C(=O)NC(Cc1ccccc1)C(=O)Nc1ccccc1. The van der Waals surface area contributed by atoms with Gasteiger partial charge in [-0.1, -0.05) is 48.5 Å². The van der Waals surface area contributed by atoms with Crippen molar-refractivity contribution >= 4 is 17.5 Å². The van der Waals surface area contributed by atoms with E-state index in [0.29, 0.717) is 12.1 Å². The number of hydrogen-bond donors (Lipinski definition) is 3. The lowest BCUT2D eigenvalue weighted by atomic mass is 10.0. The molecule has 0 aromatic heterocycles. The minimum Gasteiger partial charge on any atom is -0.342 e. The van der Waals surface area contributed by atoms with Crippen LogP contribution < -0.4 is 16.4 Å². The van der Waals surface area contributed by atoms with Crippen LogP contribution in [0.25, 0.3) is 0 Å². The second-order valence-corrected chi connectivity index (χ2v) is 6.29. The molecule has 0 saturated heterocycles. The molecule has 126 valence electrons. The molecule has 0 aliphatic heterocycles. The standard InChI is InChI=1S/C19H23N3O2/c1-19(2,20)18(24)22-16(13-14-9-5-3-6-10-14)17(23)21-15-11-7-4-8-12-15/h3-12,16H,13,20H2,1-2H3,(H,21,23)(H,22,24). The van der Waals surface area contributed by atoms with Crippen LogP contribution in [0.2, 0.25) is 0 Å². The molecule has 0 saturated carbocycles. The van der Waals surface area contributed by atoms with E-state index in [9.17, 15) is 9.59 Å². The molecular weight excluding hydrogens is 302 g/mol. The molecule has 0 heterocycles. The van der Waals surface area contributed by atoms with Crippen LogP contribution in [0, 0.1) is 0 Å². The summed E-state index contributed by atoms with van der Waals surface area (Å²) >= 11 is 0. The Morgan fingerprint density at radius 3 is 2.08 bits per heavy atom. The number of rotatable bonds is 6. The lowest BCUT2D eigenvalue weighted by molar-refractivity contribution is -0.129. The molecule has 0 aliphatic carbocycles. The van der Waals surface area contributed by atoms with Crippen LogP contribution in [0.5, 0.6) is 0 Å². The summed E-state index contributed by atoms with van der Waals surface area (Å²) in [5.41, 5.74) is 6.42. The predicted octanol–water partition coefficient (Wildman–Crippen LogP) is 2.09. The number of nitrogens with one attached hydrogen (secondary N) is 2. The number of carbonyl (C=O) groups excluding carboxylic acids is 2. The molecule has 2 amide bonds. The van der Waals surface area contributed by atoms with Gasteiger partial charge in [-0.15, -0.1) is 0 Å². The Hall–Kier alpha value is -2.66. The van der Waals surface area contributed by atoms with Gasteiger partial charge in [0, 0.05) is 12.1 Å². The molecule has 2 aromatic carbocycles. The summed E-state index contributed by atoms with van der Waals surface area (Å²) in [6, 6.07) is 18.0. The number of carbonyl (C=O) groups is 2. The highest BCUT2D eigenvalue weighted by atomic mass is 16.2. The molecule has 4 N–H and O–H groups in total. The second-order valence-electron chi connectivity index (χ2n) is 6.29. The Kier molecular flexibility index (Phi) is 5.71. The highest BCUT2D eigenvalue weighted by Gasteiger charge is 2.28. The van der Waals surface area contributed by atoms with Crippen molar-refractivity contribution in [3.05, 3.63) is 66.2 Å². The minimum atomic E-state index is -1.05. The third-order valence-electron chi connectivity index (χ3n) is 3.53. The largest absolute Gasteiger partial charge is 0.342 e. The Balaban J connectivity index is 2.15. The second kappa shape index (κ2) is 7.75. The molecule has 1 atom stereocenters. The van der Waals surface area contributed by atoms with Gasteiger partial charge in [-0.05, 0) is 31.5 Å². The number of nitrogens with two attached hydrogens (primary N) is 1. The first-order chi connectivity index (χ1) is 11.4. The molecule has 2 rings (SSSR count). The van der Waals surface area contributed by atoms with Crippen molar-refractivity contribution < 1.29 is 9.59 Å². The third kappa shape index (κ3) is 5.21. The van der Waals surface area contributed by atoms with Gasteiger partial charge in [0.05, 0.1) is 5.54 Å². The van der Waals surface area contributed by atoms with E-state index in [1.165, 1.54) is 0 Å². The van der Waals surface area contributed by atoms with Gasteiger partial charge in [0.1, 0.15) is 6.04 Å². The van der Waals surface area contributed by atoms with Crippen LogP contribution in [0.1, 0.15) is 19.4 Å². The Morgan fingerprint density at radius 1 is 1.00 bits per heavy atom. The molecule has 0 aliphatic rings. The van der Waals surface area contributed by atoms with Gasteiger partial charge in [-0.25, -0.2) is 0 Å². The molecule has 0 radical (unpaired) electrons. The lowest BCUT2D eigenvalue weighted by Gasteiger charge is -2.24. The average molecular weight is 325 g/mol. The van der Waals surface area contributed by atoms with E-state index in [1.807, 2.05) is 48.5 Å². The van der Waals surface area contributed by atoms with Gasteiger partial charge >= 0.3 is 0 Å². The van der Waals surface area contributed by atoms with E-state index in [1.54, 1.807) is 26.0 Å². The zero-order chi connectivity index (χ0) is 17.6. The molecule has 5 heteroatoms. The Bertz CT molecular complexity index is 679. The van der Waals surface area contributed by atoms with Crippen molar-refractivity contribution in [1.29, 1.82) is 0 Å². The van der Waals surface area contributed by atoms with Crippen molar-refractivity contribution in [2.75, 3.05) is 5.32 Å². The van der Waals surface area contributed by atoms with E-state index in [-0.39, 0.29) is 11.8 Å². The van der Waals surface area contributed by atoms with E-state index in [4.69, 9.17) is 5.73 Å². The first-order valence-electron chi connectivity index (χ1n) is 7.86. The van der Waals surface area contributed by atoms with Crippen LogP contribution >= 0.6 is 0 Å². The fourth-order valence-corrected chi connectivity index (χ4v) is 2.15. The van der Waals surface area contributed by atoms with Crippen molar-refractivity contribution in [2.24, 2.45) is 5.73 Å². The predicted molar refractivity (Wildman–Crippen MR) is 95.4 cm³/mol. The number of amides is 2. The number of hydrogen-bond acceptors (Lipinski definition) is 3. The molecule has 5 nitrogen and oxygen atoms in total. The third-order valence-corrected chi connectivity index (χ3v) is 3.53. The smallest absolute Gasteiger partial charge is 0.247 e. The highest BCUT2D eigenvalue weighted by molar-refractivity contribution is 5.98. The summed E-state index contributed by atoms with van der Waals surface area (Å²) in [7, 11) is 0. The van der Waals surface area contributed by atoms with E-state index in [0.717, 1.165) is 5.56 Å². The van der Waals surface area contributed by atoms with Crippen molar-refractivity contribution in [2.45, 2.75) is 31.8 Å². The lowest BCUT2D eigenvalue weighted by Crippen LogP contribution is -2.55. The van der Waals surface area contributed by atoms with Gasteiger partial charge < -0.3 is 16.4 Å². The van der Waals surface area contributed by atoms with Gasteiger partial charge in [0.25, 0.3) is 0 Å². The molecule has 0 bridgehead atoms. The van der Waals surface area contributed by atoms with Crippen LogP contribution in [-0.4, -0.2) is 23.4 Å². The molecule has 1 unspecified atom stereocenters. The summed E-state index contributed by atoms with van der Waals surface area (Å²) in [5, 5.41) is 5.57. The van der Waals surface area contributed by atoms with Crippen LogP contribution in [-0.2, 0) is 16.0 Å². The van der Waals surface area contributed by atoms with Crippen LogP contribution in [0.3, 0.4) is 0 Å². The zero-order valence-corrected chi connectivity index (χ0v) is 14.0. The van der Waals surface area contributed by atoms with Crippen LogP contribution in [0.15, 0.2) is 60.7 Å². The molecule has 0 spiro atoms. The summed E-state index contributed by atoms with van der Waals surface area (Å²) in [6.45, 7) is 3.22. The topological polar surface area (TPSA) is 84.2 Å². The van der Waals surface area contributed by atoms with Gasteiger partial charge in [-0.2, -0.15) is 0 Å². The van der Waals surface area contributed by atoms with Crippen molar-refractivity contribution in [3.8, 4) is 0 Å². The number of para-hydroxylation sites is 1. The fraction of sp³-hybridized carbons (Fsp3) is 0.263. The first kappa shape index (κ1) is 17.7. The maximum Gasteiger partial charge on any atom is 0.247 e. The number of anilines is 1. The highest BCUT2D eigenvalue weighted by Crippen LogP contribution is 2.10.